The molecule has 7 heteroatoms. The highest BCUT2D eigenvalue weighted by atomic mass is 79.9. The highest BCUT2D eigenvalue weighted by molar-refractivity contribution is 9.10. The van der Waals surface area contributed by atoms with Crippen LogP contribution in [0.3, 0.4) is 0 Å². The molecule has 0 saturated carbocycles. The topological polar surface area (TPSA) is 80.0 Å². The Morgan fingerprint density at radius 2 is 1.49 bits per heavy atom. The van der Waals surface area contributed by atoms with Gasteiger partial charge in [-0.3, -0.25) is 4.79 Å². The molecule has 6 rings (SSSR count). The minimum atomic E-state index is -1.04. The van der Waals surface area contributed by atoms with E-state index in [-0.39, 0.29) is 12.3 Å². The number of benzene rings is 5. The molecule has 6 aromatic rings. The van der Waals surface area contributed by atoms with E-state index in [1.165, 1.54) is 0 Å². The van der Waals surface area contributed by atoms with E-state index in [0.29, 0.717) is 35.3 Å². The lowest BCUT2D eigenvalue weighted by Gasteiger charge is -2.24. The van der Waals surface area contributed by atoms with Crippen LogP contribution in [0.15, 0.2) is 124 Å². The van der Waals surface area contributed by atoms with Gasteiger partial charge in [-0.2, -0.15) is 0 Å². The van der Waals surface area contributed by atoms with Crippen LogP contribution in [0, 0.1) is 0 Å². The van der Waals surface area contributed by atoms with E-state index >= 15 is 0 Å². The first-order chi connectivity index (χ1) is 22.9. The van der Waals surface area contributed by atoms with E-state index < -0.39 is 12.1 Å². The number of ether oxygens (including phenoxy) is 1. The zero-order valence-electron chi connectivity index (χ0n) is 26.2. The van der Waals surface area contributed by atoms with Gasteiger partial charge in [-0.15, -0.1) is 0 Å². The first kappa shape index (κ1) is 32.1. The number of amides is 1. The molecular formula is C40H36BrNO5. The second-order valence-corrected chi connectivity index (χ2v) is 12.5. The van der Waals surface area contributed by atoms with Crippen LogP contribution in [0.2, 0.25) is 0 Å². The standard InChI is InChI=1S/C40H36BrNO5/c1-2-3-17-34-37(32-16-10-11-18-33(32)46-34)39(43)42(25-28-14-8-5-9-15-28)26-29-19-21-31-30(23-29)20-22-35(38(31)41)47-36(40(44)45)24-27-12-6-4-7-13-27/h4-16,18-23,36H,2-3,17,24-26H2,1H3,(H,44,45). The number of aryl methyl sites for hydroxylation is 1. The fourth-order valence-corrected chi connectivity index (χ4v) is 6.48. The summed E-state index contributed by atoms with van der Waals surface area (Å²) in [7, 11) is 0. The summed E-state index contributed by atoms with van der Waals surface area (Å²) < 4.78 is 12.9. The summed E-state index contributed by atoms with van der Waals surface area (Å²) in [4.78, 5) is 28.4. The molecule has 0 fully saturated rings. The van der Waals surface area contributed by atoms with Crippen LogP contribution in [-0.2, 0) is 30.7 Å². The van der Waals surface area contributed by atoms with Crippen LogP contribution in [-0.4, -0.2) is 28.0 Å². The number of para-hydroxylation sites is 1. The van der Waals surface area contributed by atoms with E-state index in [0.717, 1.165) is 57.0 Å². The van der Waals surface area contributed by atoms with E-state index in [1.807, 2.05) is 108 Å². The fourth-order valence-electron chi connectivity index (χ4n) is 5.90. The number of hydrogen-bond donors (Lipinski definition) is 1. The number of nitrogens with zero attached hydrogens (tertiary/aromatic N) is 1. The molecule has 1 N–H and O–H groups in total. The Labute approximate surface area is 282 Å². The predicted molar refractivity (Wildman–Crippen MR) is 189 cm³/mol. The van der Waals surface area contributed by atoms with Gasteiger partial charge in [0.15, 0.2) is 6.10 Å². The van der Waals surface area contributed by atoms with Crippen molar-refractivity contribution in [3.8, 4) is 5.75 Å². The van der Waals surface area contributed by atoms with E-state index in [1.54, 1.807) is 6.07 Å². The van der Waals surface area contributed by atoms with Crippen molar-refractivity contribution >= 4 is 49.5 Å². The van der Waals surface area contributed by atoms with Crippen molar-refractivity contribution in [1.29, 1.82) is 0 Å². The summed E-state index contributed by atoms with van der Waals surface area (Å²) >= 11 is 3.67. The quantitative estimate of drug-likeness (QED) is 0.131. The predicted octanol–water partition coefficient (Wildman–Crippen LogP) is 9.61. The molecule has 1 unspecified atom stereocenters. The minimum Gasteiger partial charge on any atom is -0.478 e. The maximum atomic E-state index is 14.5. The number of unbranched alkanes of at least 4 members (excludes halogenated alkanes) is 1. The first-order valence-electron chi connectivity index (χ1n) is 15.9. The summed E-state index contributed by atoms with van der Waals surface area (Å²) in [5.41, 5.74) is 4.26. The average Bonchev–Trinajstić information content (AvgIpc) is 3.46. The molecule has 1 amide bonds. The van der Waals surface area contributed by atoms with Gasteiger partial charge in [-0.25, -0.2) is 4.79 Å². The molecule has 5 aromatic carbocycles. The van der Waals surface area contributed by atoms with Crippen LogP contribution in [0.5, 0.6) is 5.75 Å². The number of carbonyl (C=O) groups is 2. The SMILES string of the molecule is CCCCc1oc2ccccc2c1C(=O)N(Cc1ccccc1)Cc1ccc2c(Br)c(OC(Cc3ccccc3)C(=O)O)ccc2c1. The third-order valence-corrected chi connectivity index (χ3v) is 9.13. The lowest BCUT2D eigenvalue weighted by atomic mass is 10.0. The Morgan fingerprint density at radius 3 is 2.21 bits per heavy atom. The first-order valence-corrected chi connectivity index (χ1v) is 16.7. The molecule has 1 atom stereocenters. The lowest BCUT2D eigenvalue weighted by molar-refractivity contribution is -0.145. The van der Waals surface area contributed by atoms with Gasteiger partial charge >= 0.3 is 5.97 Å². The van der Waals surface area contributed by atoms with Crippen LogP contribution < -0.4 is 4.74 Å². The van der Waals surface area contributed by atoms with Crippen molar-refractivity contribution in [3.63, 3.8) is 0 Å². The zero-order valence-corrected chi connectivity index (χ0v) is 27.8. The molecule has 1 heterocycles. The third kappa shape index (κ3) is 7.42. The van der Waals surface area contributed by atoms with Gasteiger partial charge in [0, 0.05) is 31.3 Å². The highest BCUT2D eigenvalue weighted by Crippen LogP contribution is 2.35. The van der Waals surface area contributed by atoms with Crippen molar-refractivity contribution in [2.45, 2.75) is 51.8 Å². The molecule has 0 aliphatic rings. The largest absolute Gasteiger partial charge is 0.478 e. The molecule has 0 bridgehead atoms. The number of carboxylic acids is 1. The summed E-state index contributed by atoms with van der Waals surface area (Å²) in [6.45, 7) is 2.97. The molecule has 1 aromatic heterocycles. The number of furan rings is 1. The van der Waals surface area contributed by atoms with E-state index in [4.69, 9.17) is 9.15 Å². The Bertz CT molecular complexity index is 2000. The molecule has 0 radical (unpaired) electrons. The van der Waals surface area contributed by atoms with Gasteiger partial charge in [-0.1, -0.05) is 110 Å². The second kappa shape index (κ2) is 14.7. The second-order valence-electron chi connectivity index (χ2n) is 11.7. The zero-order chi connectivity index (χ0) is 32.8. The summed E-state index contributed by atoms with van der Waals surface area (Å²) in [5, 5.41) is 12.5. The van der Waals surface area contributed by atoms with Crippen molar-refractivity contribution in [3.05, 3.63) is 148 Å². The number of hydrogen-bond acceptors (Lipinski definition) is 4. The van der Waals surface area contributed by atoms with Crippen LogP contribution in [0.4, 0.5) is 0 Å². The number of carbonyl (C=O) groups excluding carboxylic acids is 1. The molecular weight excluding hydrogens is 654 g/mol. The number of rotatable bonds is 13. The average molecular weight is 691 g/mol. The van der Waals surface area contributed by atoms with E-state index in [2.05, 4.69) is 28.9 Å². The van der Waals surface area contributed by atoms with Crippen molar-refractivity contribution in [2.24, 2.45) is 0 Å². The number of carboxylic acid groups (broad SMARTS) is 1. The number of fused-ring (bicyclic) bond motifs is 2. The monoisotopic (exact) mass is 689 g/mol. The smallest absolute Gasteiger partial charge is 0.345 e. The van der Waals surface area contributed by atoms with Gasteiger partial charge in [0.1, 0.15) is 17.1 Å². The molecule has 6 nitrogen and oxygen atoms in total. The Hall–Kier alpha value is -4.88. The summed E-state index contributed by atoms with van der Waals surface area (Å²) in [6, 6.07) is 37.0. The summed E-state index contributed by atoms with van der Waals surface area (Å²) in [5.74, 6) is 0.106. The highest BCUT2D eigenvalue weighted by Gasteiger charge is 2.26. The maximum absolute atomic E-state index is 14.5. The normalized spacial score (nSPS) is 11.9. The molecule has 47 heavy (non-hydrogen) atoms. The Kier molecular flexibility index (Phi) is 10.0. The molecule has 0 aliphatic heterocycles. The van der Waals surface area contributed by atoms with Gasteiger partial charge in [0.25, 0.3) is 5.91 Å². The van der Waals surface area contributed by atoms with Crippen molar-refractivity contribution in [2.75, 3.05) is 0 Å². The minimum absolute atomic E-state index is 0.0620. The molecule has 0 aliphatic carbocycles. The molecule has 238 valence electrons. The van der Waals surface area contributed by atoms with Gasteiger partial charge < -0.3 is 19.2 Å². The fraction of sp³-hybridized carbons (Fsp3) is 0.200. The number of halogens is 1. The maximum Gasteiger partial charge on any atom is 0.345 e. The van der Waals surface area contributed by atoms with Gasteiger partial charge in [0.05, 0.1) is 10.0 Å². The van der Waals surface area contributed by atoms with Crippen LogP contribution >= 0.6 is 15.9 Å². The van der Waals surface area contributed by atoms with E-state index in [9.17, 15) is 14.7 Å². The molecule has 0 saturated heterocycles. The Morgan fingerprint density at radius 1 is 0.809 bits per heavy atom. The number of aliphatic carboxylic acids is 1. The Balaban J connectivity index is 1.30. The van der Waals surface area contributed by atoms with Crippen molar-refractivity contribution in [1.82, 2.24) is 4.90 Å². The van der Waals surface area contributed by atoms with Crippen molar-refractivity contribution < 1.29 is 23.8 Å². The van der Waals surface area contributed by atoms with Gasteiger partial charge in [0.2, 0.25) is 0 Å². The van der Waals surface area contributed by atoms with Crippen LogP contribution in [0.25, 0.3) is 21.7 Å². The third-order valence-electron chi connectivity index (χ3n) is 8.31. The van der Waals surface area contributed by atoms with Crippen LogP contribution in [0.1, 0.15) is 52.6 Å². The molecule has 0 spiro atoms. The lowest BCUT2D eigenvalue weighted by Crippen LogP contribution is -2.30. The van der Waals surface area contributed by atoms with Gasteiger partial charge in [-0.05, 0) is 68.0 Å². The summed E-state index contributed by atoms with van der Waals surface area (Å²) in [6.07, 6.45) is 1.85.